The maximum absolute atomic E-state index is 11.3. The highest BCUT2D eigenvalue weighted by Gasteiger charge is 2.26. The first-order valence-corrected chi connectivity index (χ1v) is 5.02. The van der Waals surface area contributed by atoms with Crippen LogP contribution in [0.2, 0.25) is 0 Å². The molecule has 2 amide bonds. The minimum absolute atomic E-state index is 0.348. The highest BCUT2D eigenvalue weighted by molar-refractivity contribution is 5.74. The van der Waals surface area contributed by atoms with Crippen molar-refractivity contribution < 1.29 is 14.3 Å². The Balaban J connectivity index is 4.13. The summed E-state index contributed by atoms with van der Waals surface area (Å²) in [6, 6.07) is -0.348. The third-order valence-corrected chi connectivity index (χ3v) is 1.59. The maximum Gasteiger partial charge on any atom is 0.319 e. The molecule has 5 nitrogen and oxygen atoms in total. The molecular formula is C10H20N2O3. The average molecular weight is 216 g/mol. The van der Waals surface area contributed by atoms with E-state index in [1.54, 1.807) is 13.0 Å². The summed E-state index contributed by atoms with van der Waals surface area (Å²) in [6.45, 7) is 10.1. The van der Waals surface area contributed by atoms with Crippen molar-refractivity contribution in [2.24, 2.45) is 0 Å². The Morgan fingerprint density at radius 1 is 1.40 bits per heavy atom. The van der Waals surface area contributed by atoms with Crippen molar-refractivity contribution in [3.05, 3.63) is 12.7 Å². The van der Waals surface area contributed by atoms with Gasteiger partial charge in [0.1, 0.15) is 0 Å². The number of ether oxygens (including phenoxy) is 2. The van der Waals surface area contributed by atoms with Gasteiger partial charge in [0.15, 0.2) is 0 Å². The second kappa shape index (κ2) is 7.25. The molecule has 0 fully saturated rings. The normalized spacial score (nSPS) is 10.9. The molecule has 0 unspecified atom stereocenters. The highest BCUT2D eigenvalue weighted by atomic mass is 16.7. The summed E-state index contributed by atoms with van der Waals surface area (Å²) in [5.74, 6) is -1.07. The van der Waals surface area contributed by atoms with Gasteiger partial charge < -0.3 is 14.8 Å². The summed E-state index contributed by atoms with van der Waals surface area (Å²) in [6.07, 6.45) is 1.60. The van der Waals surface area contributed by atoms with Gasteiger partial charge in [-0.3, -0.25) is 5.32 Å². The summed E-state index contributed by atoms with van der Waals surface area (Å²) in [5.41, 5.74) is 0. The number of nitrogens with one attached hydrogen (secondary N) is 2. The van der Waals surface area contributed by atoms with Crippen LogP contribution in [0.1, 0.15) is 20.8 Å². The fraction of sp³-hybridized carbons (Fsp3) is 0.700. The van der Waals surface area contributed by atoms with Crippen LogP contribution in [0.4, 0.5) is 4.79 Å². The van der Waals surface area contributed by atoms with E-state index in [2.05, 4.69) is 17.2 Å². The van der Waals surface area contributed by atoms with Crippen LogP contribution < -0.4 is 10.6 Å². The predicted molar refractivity (Wildman–Crippen MR) is 58.4 cm³/mol. The van der Waals surface area contributed by atoms with Gasteiger partial charge in [0.2, 0.25) is 5.91 Å². The molecule has 88 valence electrons. The van der Waals surface area contributed by atoms with Crippen LogP contribution in [0, 0.1) is 0 Å². The molecule has 0 aromatic heterocycles. The zero-order valence-corrected chi connectivity index (χ0v) is 9.63. The van der Waals surface area contributed by atoms with Crippen LogP contribution in [0.3, 0.4) is 0 Å². The Morgan fingerprint density at radius 2 is 1.93 bits per heavy atom. The SMILES string of the molecule is C=CCNC(=O)NC(C)(OCC)OCC. The number of hydrogen-bond donors (Lipinski definition) is 2. The second-order valence-electron chi connectivity index (χ2n) is 2.94. The molecule has 0 spiro atoms. The molecule has 0 rings (SSSR count). The molecule has 0 aliphatic carbocycles. The summed E-state index contributed by atoms with van der Waals surface area (Å²) in [4.78, 5) is 11.3. The first-order chi connectivity index (χ1) is 7.08. The zero-order valence-electron chi connectivity index (χ0n) is 9.63. The zero-order chi connectivity index (χ0) is 11.7. The summed E-state index contributed by atoms with van der Waals surface area (Å²) < 4.78 is 10.6. The molecular weight excluding hydrogens is 196 g/mol. The standard InChI is InChI=1S/C10H20N2O3/c1-5-8-11-9(13)12-10(4,14-6-2)15-7-3/h5H,1,6-8H2,2-4H3,(H2,11,12,13). The third-order valence-electron chi connectivity index (χ3n) is 1.59. The number of hydrogen-bond acceptors (Lipinski definition) is 3. The Morgan fingerprint density at radius 3 is 2.33 bits per heavy atom. The van der Waals surface area contributed by atoms with Crippen molar-refractivity contribution in [1.29, 1.82) is 0 Å². The number of rotatable bonds is 7. The van der Waals surface area contributed by atoms with Crippen molar-refractivity contribution >= 4 is 6.03 Å². The minimum atomic E-state index is -1.07. The van der Waals surface area contributed by atoms with Crippen LogP contribution in [0.25, 0.3) is 0 Å². The van der Waals surface area contributed by atoms with Gasteiger partial charge >= 0.3 is 6.03 Å². The van der Waals surface area contributed by atoms with E-state index in [1.165, 1.54) is 0 Å². The Labute approximate surface area is 90.8 Å². The molecule has 0 aromatic carbocycles. The summed E-state index contributed by atoms with van der Waals surface area (Å²) in [7, 11) is 0. The molecule has 0 aliphatic rings. The van der Waals surface area contributed by atoms with Gasteiger partial charge in [-0.15, -0.1) is 6.58 Å². The molecule has 15 heavy (non-hydrogen) atoms. The lowest BCUT2D eigenvalue weighted by molar-refractivity contribution is -0.232. The van der Waals surface area contributed by atoms with Crippen molar-refractivity contribution in [3.63, 3.8) is 0 Å². The van der Waals surface area contributed by atoms with Crippen molar-refractivity contribution in [1.82, 2.24) is 10.6 Å². The van der Waals surface area contributed by atoms with Crippen LogP contribution in [-0.4, -0.2) is 31.7 Å². The van der Waals surface area contributed by atoms with Gasteiger partial charge in [0.25, 0.3) is 0 Å². The van der Waals surface area contributed by atoms with Gasteiger partial charge in [0.05, 0.1) is 0 Å². The Bertz CT molecular complexity index is 201. The fourth-order valence-corrected chi connectivity index (χ4v) is 1.08. The van der Waals surface area contributed by atoms with E-state index in [1.807, 2.05) is 13.8 Å². The van der Waals surface area contributed by atoms with E-state index in [9.17, 15) is 4.79 Å². The van der Waals surface area contributed by atoms with Crippen LogP contribution in [0.15, 0.2) is 12.7 Å². The molecule has 0 aromatic rings. The molecule has 0 atom stereocenters. The van der Waals surface area contributed by atoms with Gasteiger partial charge in [-0.1, -0.05) is 6.08 Å². The van der Waals surface area contributed by atoms with Crippen LogP contribution >= 0.6 is 0 Å². The van der Waals surface area contributed by atoms with E-state index in [-0.39, 0.29) is 6.03 Å². The maximum atomic E-state index is 11.3. The minimum Gasteiger partial charge on any atom is -0.335 e. The lowest BCUT2D eigenvalue weighted by atomic mass is 10.5. The summed E-state index contributed by atoms with van der Waals surface area (Å²) in [5, 5.41) is 5.16. The lowest BCUT2D eigenvalue weighted by Crippen LogP contribution is -2.53. The molecule has 0 heterocycles. The Hall–Kier alpha value is -1.07. The van der Waals surface area contributed by atoms with E-state index in [0.717, 1.165) is 0 Å². The van der Waals surface area contributed by atoms with E-state index in [0.29, 0.717) is 19.8 Å². The van der Waals surface area contributed by atoms with Crippen molar-refractivity contribution in [3.8, 4) is 0 Å². The highest BCUT2D eigenvalue weighted by Crippen LogP contribution is 2.07. The number of carbonyl (C=O) groups excluding carboxylic acids is 1. The van der Waals surface area contributed by atoms with Crippen molar-refractivity contribution in [2.45, 2.75) is 26.7 Å². The average Bonchev–Trinajstić information content (AvgIpc) is 2.15. The number of carbonyl (C=O) groups is 1. The topological polar surface area (TPSA) is 59.6 Å². The fourth-order valence-electron chi connectivity index (χ4n) is 1.08. The third kappa shape index (κ3) is 6.09. The lowest BCUT2D eigenvalue weighted by Gasteiger charge is -2.29. The number of urea groups is 1. The van der Waals surface area contributed by atoms with Gasteiger partial charge in [-0.05, 0) is 13.8 Å². The van der Waals surface area contributed by atoms with Gasteiger partial charge in [-0.25, -0.2) is 4.79 Å². The molecule has 0 saturated heterocycles. The largest absolute Gasteiger partial charge is 0.335 e. The summed E-state index contributed by atoms with van der Waals surface area (Å²) >= 11 is 0. The molecule has 0 aliphatic heterocycles. The smallest absolute Gasteiger partial charge is 0.319 e. The van der Waals surface area contributed by atoms with Gasteiger partial charge in [0, 0.05) is 26.7 Å². The van der Waals surface area contributed by atoms with Gasteiger partial charge in [-0.2, -0.15) is 0 Å². The molecule has 0 saturated carbocycles. The number of amides is 2. The van der Waals surface area contributed by atoms with E-state index >= 15 is 0 Å². The van der Waals surface area contributed by atoms with Crippen molar-refractivity contribution in [2.75, 3.05) is 19.8 Å². The Kier molecular flexibility index (Phi) is 6.73. The van der Waals surface area contributed by atoms with E-state index < -0.39 is 5.91 Å². The van der Waals surface area contributed by atoms with Crippen LogP contribution in [-0.2, 0) is 9.47 Å². The van der Waals surface area contributed by atoms with E-state index in [4.69, 9.17) is 9.47 Å². The first kappa shape index (κ1) is 13.9. The molecule has 5 heteroatoms. The first-order valence-electron chi connectivity index (χ1n) is 5.02. The monoisotopic (exact) mass is 216 g/mol. The quantitative estimate of drug-likeness (QED) is 0.497. The predicted octanol–water partition coefficient (Wildman–Crippen LogP) is 1.22. The molecule has 0 bridgehead atoms. The molecule has 0 radical (unpaired) electrons. The van der Waals surface area contributed by atoms with Crippen LogP contribution in [0.5, 0.6) is 0 Å². The second-order valence-corrected chi connectivity index (χ2v) is 2.94. The molecule has 2 N–H and O–H groups in total.